The molecule has 0 aliphatic carbocycles. The molecule has 0 heteroatoms. The fourth-order valence-electron chi connectivity index (χ4n) is 6.92. The molecule has 2 aromatic carbocycles. The molecule has 2 rings (SSSR count). The maximum Gasteiger partial charge on any atom is -0.0129 e. The molecule has 0 nitrogen and oxygen atoms in total. The largest absolute Gasteiger partial charge is 0.0649 e. The van der Waals surface area contributed by atoms with Crippen LogP contribution in [-0.4, -0.2) is 0 Å². The average molecular weight is 505 g/mol. The van der Waals surface area contributed by atoms with Gasteiger partial charge in [-0.3, -0.25) is 0 Å². The molecule has 0 spiro atoms. The van der Waals surface area contributed by atoms with E-state index in [0.29, 0.717) is 22.7 Å². The lowest BCUT2D eigenvalue weighted by Crippen LogP contribution is -2.31. The van der Waals surface area contributed by atoms with Gasteiger partial charge in [0.05, 0.1) is 0 Å². The summed E-state index contributed by atoms with van der Waals surface area (Å²) < 4.78 is 0. The molecule has 0 aromatic heterocycles. The highest BCUT2D eigenvalue weighted by Gasteiger charge is 2.38. The van der Waals surface area contributed by atoms with Gasteiger partial charge in [-0.25, -0.2) is 0 Å². The fourth-order valence-corrected chi connectivity index (χ4v) is 6.92. The van der Waals surface area contributed by atoms with Crippen LogP contribution in [0.2, 0.25) is 0 Å². The van der Waals surface area contributed by atoms with Gasteiger partial charge in [-0.1, -0.05) is 144 Å². The molecule has 0 radical (unpaired) electrons. The molecule has 0 heterocycles. The number of benzene rings is 2. The van der Waals surface area contributed by atoms with Crippen molar-refractivity contribution < 1.29 is 0 Å². The summed E-state index contributed by atoms with van der Waals surface area (Å²) in [4.78, 5) is 0. The van der Waals surface area contributed by atoms with Crippen molar-refractivity contribution in [2.45, 2.75) is 151 Å². The zero-order chi connectivity index (χ0) is 28.1. The second-order valence-corrected chi connectivity index (χ2v) is 14.8. The van der Waals surface area contributed by atoms with Crippen LogP contribution in [-0.2, 0) is 10.8 Å². The van der Waals surface area contributed by atoms with Crippen molar-refractivity contribution in [2.75, 3.05) is 0 Å². The Kier molecular flexibility index (Phi) is 10.7. The van der Waals surface area contributed by atoms with Gasteiger partial charge < -0.3 is 0 Å². The Balaban J connectivity index is 2.37. The lowest BCUT2D eigenvalue weighted by Gasteiger charge is -2.43. The summed E-state index contributed by atoms with van der Waals surface area (Å²) >= 11 is 0. The molecule has 37 heavy (non-hydrogen) atoms. The highest BCUT2D eigenvalue weighted by Crippen LogP contribution is 2.50. The van der Waals surface area contributed by atoms with Gasteiger partial charge in [-0.15, -0.1) is 0 Å². The van der Waals surface area contributed by atoms with Crippen molar-refractivity contribution in [2.24, 2.45) is 10.8 Å². The Labute approximate surface area is 232 Å². The van der Waals surface area contributed by atoms with Crippen molar-refractivity contribution in [3.63, 3.8) is 0 Å². The average Bonchev–Trinajstić information content (AvgIpc) is 2.85. The van der Waals surface area contributed by atoms with Crippen LogP contribution in [0.15, 0.2) is 48.5 Å². The molecular weight excluding hydrogens is 444 g/mol. The van der Waals surface area contributed by atoms with Gasteiger partial charge in [-0.05, 0) is 87.9 Å². The molecule has 4 atom stereocenters. The number of rotatable bonds is 12. The predicted molar refractivity (Wildman–Crippen MR) is 167 cm³/mol. The van der Waals surface area contributed by atoms with E-state index in [9.17, 15) is 0 Å². The second-order valence-electron chi connectivity index (χ2n) is 14.8. The van der Waals surface area contributed by atoms with Gasteiger partial charge >= 0.3 is 0 Å². The van der Waals surface area contributed by atoms with Crippen LogP contribution >= 0.6 is 0 Å². The minimum Gasteiger partial charge on any atom is -0.0649 e. The minimum absolute atomic E-state index is 0.180. The van der Waals surface area contributed by atoms with Crippen LogP contribution in [0.5, 0.6) is 0 Å². The molecule has 0 N–H and O–H groups in total. The maximum atomic E-state index is 2.59. The van der Waals surface area contributed by atoms with Crippen molar-refractivity contribution in [1.29, 1.82) is 0 Å². The molecule has 4 unspecified atom stereocenters. The third-order valence-electron chi connectivity index (χ3n) is 9.44. The predicted octanol–water partition coefficient (Wildman–Crippen LogP) is 12.0. The molecule has 208 valence electrons. The van der Waals surface area contributed by atoms with Gasteiger partial charge in [0.15, 0.2) is 0 Å². The Morgan fingerprint density at radius 2 is 0.838 bits per heavy atom. The zero-order valence-electron chi connectivity index (χ0n) is 26.7. The van der Waals surface area contributed by atoms with E-state index in [1.807, 2.05) is 0 Å². The normalized spacial score (nSPS) is 17.6. The van der Waals surface area contributed by atoms with Crippen LogP contribution in [0, 0.1) is 10.8 Å². The smallest absolute Gasteiger partial charge is 0.0129 e. The monoisotopic (exact) mass is 504 g/mol. The van der Waals surface area contributed by atoms with Gasteiger partial charge in [-0.2, -0.15) is 0 Å². The third-order valence-corrected chi connectivity index (χ3v) is 9.44. The van der Waals surface area contributed by atoms with E-state index in [1.54, 1.807) is 11.1 Å². The topological polar surface area (TPSA) is 0 Å². The molecular formula is C37H60. The molecule has 0 aliphatic rings. The summed E-state index contributed by atoms with van der Waals surface area (Å²) in [6.07, 6.45) is 8.76. The highest BCUT2D eigenvalue weighted by atomic mass is 14.4. The third kappa shape index (κ3) is 8.21. The SMILES string of the molecule is CCC(CC(C)(CC)CC(C)(CC)CC(CC)c1ccccc1C(C)(C)C)c1ccccc1C(C)(C)C. The standard InChI is InChI=1S/C37H60/c1-13-28(30-21-17-19-23-32(30)34(5,6)7)25-36(11,15-3)27-37(12,16-4)26-29(14-2)31-22-18-20-24-33(31)35(8,9)10/h17-24,28-29H,13-16,25-27H2,1-12H3. The molecule has 0 saturated carbocycles. The van der Waals surface area contributed by atoms with Crippen LogP contribution in [0.25, 0.3) is 0 Å². The lowest BCUT2D eigenvalue weighted by molar-refractivity contribution is 0.112. The van der Waals surface area contributed by atoms with Crippen LogP contribution < -0.4 is 0 Å². The molecule has 0 aliphatic heterocycles. The first kappa shape index (κ1) is 31.7. The van der Waals surface area contributed by atoms with E-state index in [2.05, 4.69) is 132 Å². The van der Waals surface area contributed by atoms with Gasteiger partial charge in [0.2, 0.25) is 0 Å². The summed E-state index contributed by atoms with van der Waals surface area (Å²) in [6.45, 7) is 29.1. The first-order chi connectivity index (χ1) is 17.1. The van der Waals surface area contributed by atoms with Crippen LogP contribution in [0.4, 0.5) is 0 Å². The summed E-state index contributed by atoms with van der Waals surface area (Å²) in [6, 6.07) is 18.5. The Bertz CT molecular complexity index is 889. The van der Waals surface area contributed by atoms with E-state index >= 15 is 0 Å². The van der Waals surface area contributed by atoms with Crippen molar-refractivity contribution in [3.05, 3.63) is 70.8 Å². The second kappa shape index (κ2) is 12.5. The van der Waals surface area contributed by atoms with Crippen molar-refractivity contribution >= 4 is 0 Å². The zero-order valence-corrected chi connectivity index (χ0v) is 26.7. The summed E-state index contributed by atoms with van der Waals surface area (Å²) in [7, 11) is 0. The fraction of sp³-hybridized carbons (Fsp3) is 0.676. The first-order valence-electron chi connectivity index (χ1n) is 15.3. The molecule has 0 fully saturated rings. The quantitative estimate of drug-likeness (QED) is 0.269. The Morgan fingerprint density at radius 1 is 0.514 bits per heavy atom. The molecule has 0 bridgehead atoms. The van der Waals surface area contributed by atoms with Crippen molar-refractivity contribution in [3.8, 4) is 0 Å². The van der Waals surface area contributed by atoms with Crippen LogP contribution in [0.3, 0.4) is 0 Å². The number of hydrogen-bond donors (Lipinski definition) is 0. The molecule has 0 amide bonds. The minimum atomic E-state index is 0.180. The number of hydrogen-bond acceptors (Lipinski definition) is 0. The van der Waals surface area contributed by atoms with E-state index in [4.69, 9.17) is 0 Å². The molecule has 2 aromatic rings. The van der Waals surface area contributed by atoms with E-state index in [1.165, 1.54) is 56.1 Å². The summed E-state index contributed by atoms with van der Waals surface area (Å²) in [5, 5.41) is 0. The van der Waals surface area contributed by atoms with E-state index in [-0.39, 0.29) is 10.8 Å². The highest BCUT2D eigenvalue weighted by molar-refractivity contribution is 5.37. The Morgan fingerprint density at radius 3 is 1.11 bits per heavy atom. The maximum absolute atomic E-state index is 2.59. The summed E-state index contributed by atoms with van der Waals surface area (Å²) in [5.41, 5.74) is 7.25. The van der Waals surface area contributed by atoms with Crippen LogP contribution in [0.1, 0.15) is 162 Å². The molecule has 0 saturated heterocycles. The van der Waals surface area contributed by atoms with Gasteiger partial charge in [0.25, 0.3) is 0 Å². The first-order valence-corrected chi connectivity index (χ1v) is 15.3. The van der Waals surface area contributed by atoms with Crippen molar-refractivity contribution in [1.82, 2.24) is 0 Å². The van der Waals surface area contributed by atoms with E-state index in [0.717, 1.165) is 0 Å². The van der Waals surface area contributed by atoms with Gasteiger partial charge in [0, 0.05) is 0 Å². The summed E-state index contributed by atoms with van der Waals surface area (Å²) in [5.74, 6) is 1.23. The Hall–Kier alpha value is -1.56. The van der Waals surface area contributed by atoms with E-state index < -0.39 is 0 Å². The lowest BCUT2D eigenvalue weighted by atomic mass is 9.62. The van der Waals surface area contributed by atoms with Gasteiger partial charge in [0.1, 0.15) is 0 Å².